The zero-order valence-corrected chi connectivity index (χ0v) is 35.2. The van der Waals surface area contributed by atoms with Gasteiger partial charge in [-0.1, -0.05) is 143 Å². The smallest absolute Gasteiger partial charge is 0.305 e. The van der Waals surface area contributed by atoms with Crippen molar-refractivity contribution >= 4 is 11.9 Å². The zero-order valence-electron chi connectivity index (χ0n) is 35.2. The molecule has 0 amide bonds. The lowest BCUT2D eigenvalue weighted by Crippen LogP contribution is -2.29. The Balaban J connectivity index is 2.16. The summed E-state index contributed by atoms with van der Waals surface area (Å²) in [4.78, 5) is 27.2. The maximum Gasteiger partial charge on any atom is 0.305 e. The van der Waals surface area contributed by atoms with Crippen molar-refractivity contribution in [1.29, 1.82) is 0 Å². The molecular formula is C46H89NO5. The van der Waals surface area contributed by atoms with Crippen molar-refractivity contribution in [2.24, 2.45) is 11.3 Å². The fraction of sp³-hybridized carbons (Fsp3) is 0.957. The zero-order chi connectivity index (χ0) is 37.8. The minimum absolute atomic E-state index is 0.00553. The van der Waals surface area contributed by atoms with E-state index in [0.717, 1.165) is 64.6 Å². The summed E-state index contributed by atoms with van der Waals surface area (Å²) in [6.45, 7) is 11.4. The van der Waals surface area contributed by atoms with Crippen molar-refractivity contribution < 1.29 is 24.2 Å². The number of carbonyl (C=O) groups is 2. The van der Waals surface area contributed by atoms with Crippen LogP contribution in [-0.4, -0.2) is 61.4 Å². The molecule has 52 heavy (non-hydrogen) atoms. The van der Waals surface area contributed by atoms with Crippen LogP contribution in [0.1, 0.15) is 233 Å². The molecule has 0 aromatic carbocycles. The molecule has 0 radical (unpaired) electrons. The third kappa shape index (κ3) is 30.2. The molecule has 0 spiro atoms. The number of unbranched alkanes of at least 4 members (excludes halogenated alkanes) is 19. The van der Waals surface area contributed by atoms with Crippen LogP contribution < -0.4 is 0 Å². The van der Waals surface area contributed by atoms with Gasteiger partial charge in [0, 0.05) is 26.0 Å². The Morgan fingerprint density at radius 2 is 1.02 bits per heavy atom. The lowest BCUT2D eigenvalue weighted by Gasteiger charge is -2.25. The number of esters is 2. The van der Waals surface area contributed by atoms with Crippen LogP contribution in [0.15, 0.2) is 0 Å². The van der Waals surface area contributed by atoms with E-state index in [-0.39, 0.29) is 18.5 Å². The van der Waals surface area contributed by atoms with Gasteiger partial charge in [0.1, 0.15) is 0 Å². The highest BCUT2D eigenvalue weighted by atomic mass is 16.5. The Morgan fingerprint density at radius 1 is 0.538 bits per heavy atom. The van der Waals surface area contributed by atoms with E-state index in [1.165, 1.54) is 154 Å². The first-order valence-corrected chi connectivity index (χ1v) is 23.1. The second kappa shape index (κ2) is 35.6. The summed E-state index contributed by atoms with van der Waals surface area (Å²) in [5, 5.41) is 9.48. The van der Waals surface area contributed by atoms with Crippen molar-refractivity contribution in [3.05, 3.63) is 0 Å². The summed E-state index contributed by atoms with van der Waals surface area (Å²) in [7, 11) is 0. The Bertz CT molecular complexity index is 786. The summed E-state index contributed by atoms with van der Waals surface area (Å²) in [6.07, 6.45) is 38.9. The number of aliphatic hydroxyl groups excluding tert-OH is 1. The lowest BCUT2D eigenvalue weighted by molar-refractivity contribution is -0.145. The molecule has 1 saturated carbocycles. The molecule has 1 aliphatic carbocycles. The fourth-order valence-corrected chi connectivity index (χ4v) is 7.72. The standard InChI is InChI=1S/C46H89NO5/c1-4-7-10-13-14-18-23-31-44(49)51-41-27-25-33-46(34-35-46)36-39-47(38-28-40-48)37-26-20-15-19-24-32-45(50)52-42-43(29-21-16-11-8-5-2)30-22-17-12-9-6-3/h43,48H,4-42H2,1-3H3. The van der Waals surface area contributed by atoms with E-state index in [0.29, 0.717) is 37.4 Å². The predicted molar refractivity (Wildman–Crippen MR) is 221 cm³/mol. The third-order valence-electron chi connectivity index (χ3n) is 11.7. The minimum atomic E-state index is -0.0115. The number of hydrogen-bond acceptors (Lipinski definition) is 6. The highest BCUT2D eigenvalue weighted by Gasteiger charge is 2.41. The summed E-state index contributed by atoms with van der Waals surface area (Å²) in [5.74, 6) is 0.532. The molecule has 0 bridgehead atoms. The van der Waals surface area contributed by atoms with Crippen LogP contribution in [0.2, 0.25) is 0 Å². The highest BCUT2D eigenvalue weighted by Crippen LogP contribution is 2.52. The largest absolute Gasteiger partial charge is 0.466 e. The van der Waals surface area contributed by atoms with Gasteiger partial charge in [0.2, 0.25) is 0 Å². The van der Waals surface area contributed by atoms with Crippen molar-refractivity contribution in [1.82, 2.24) is 4.90 Å². The van der Waals surface area contributed by atoms with Gasteiger partial charge in [-0.3, -0.25) is 9.59 Å². The summed E-state index contributed by atoms with van der Waals surface area (Å²) in [6, 6.07) is 0. The Labute approximate surface area is 323 Å². The summed E-state index contributed by atoms with van der Waals surface area (Å²) >= 11 is 0. The fourth-order valence-electron chi connectivity index (χ4n) is 7.72. The molecule has 0 unspecified atom stereocenters. The Kier molecular flexibility index (Phi) is 33.4. The first-order valence-electron chi connectivity index (χ1n) is 23.1. The molecule has 1 rings (SSSR count). The number of rotatable bonds is 41. The van der Waals surface area contributed by atoms with Crippen molar-refractivity contribution in [3.8, 4) is 0 Å². The maximum atomic E-state index is 12.5. The van der Waals surface area contributed by atoms with Crippen LogP contribution in [0, 0.1) is 11.3 Å². The average molecular weight is 736 g/mol. The topological polar surface area (TPSA) is 76.1 Å². The van der Waals surface area contributed by atoms with E-state index in [9.17, 15) is 14.7 Å². The van der Waals surface area contributed by atoms with Crippen molar-refractivity contribution in [3.63, 3.8) is 0 Å². The molecule has 0 aliphatic heterocycles. The van der Waals surface area contributed by atoms with E-state index < -0.39 is 0 Å². The van der Waals surface area contributed by atoms with Crippen LogP contribution in [-0.2, 0) is 19.1 Å². The number of carbonyl (C=O) groups excluding carboxylic acids is 2. The molecule has 1 fully saturated rings. The molecule has 6 heteroatoms. The highest BCUT2D eigenvalue weighted by molar-refractivity contribution is 5.69. The van der Waals surface area contributed by atoms with E-state index in [2.05, 4.69) is 25.7 Å². The van der Waals surface area contributed by atoms with Crippen LogP contribution in [0.5, 0.6) is 0 Å². The van der Waals surface area contributed by atoms with Gasteiger partial charge >= 0.3 is 11.9 Å². The Morgan fingerprint density at radius 3 is 1.56 bits per heavy atom. The number of hydrogen-bond donors (Lipinski definition) is 1. The first-order chi connectivity index (χ1) is 25.5. The predicted octanol–water partition coefficient (Wildman–Crippen LogP) is 12.9. The second-order valence-electron chi connectivity index (χ2n) is 16.7. The van der Waals surface area contributed by atoms with Crippen LogP contribution in [0.25, 0.3) is 0 Å². The van der Waals surface area contributed by atoms with Gasteiger partial charge in [0.25, 0.3) is 0 Å². The number of ether oxygens (including phenoxy) is 2. The minimum Gasteiger partial charge on any atom is -0.466 e. The van der Waals surface area contributed by atoms with Gasteiger partial charge in [-0.2, -0.15) is 0 Å². The first kappa shape index (κ1) is 48.9. The SMILES string of the molecule is CCCCCCCCCC(=O)OCCCCC1(CCN(CCCO)CCCCCCCC(=O)OCC(CCCCCCC)CCCCCCC)CC1. The van der Waals surface area contributed by atoms with Gasteiger partial charge in [0.15, 0.2) is 0 Å². The molecule has 0 atom stereocenters. The van der Waals surface area contributed by atoms with E-state index in [1.54, 1.807) is 0 Å². The van der Waals surface area contributed by atoms with Gasteiger partial charge in [0.05, 0.1) is 13.2 Å². The monoisotopic (exact) mass is 736 g/mol. The summed E-state index contributed by atoms with van der Waals surface area (Å²) < 4.78 is 11.3. The average Bonchev–Trinajstić information content (AvgIpc) is 3.92. The number of nitrogens with zero attached hydrogens (tertiary/aromatic N) is 1. The lowest BCUT2D eigenvalue weighted by atomic mass is 9.95. The Hall–Kier alpha value is -1.14. The molecule has 1 N–H and O–H groups in total. The van der Waals surface area contributed by atoms with E-state index >= 15 is 0 Å². The van der Waals surface area contributed by atoms with Gasteiger partial charge < -0.3 is 19.5 Å². The molecule has 0 aromatic heterocycles. The molecule has 6 nitrogen and oxygen atoms in total. The molecule has 0 heterocycles. The van der Waals surface area contributed by atoms with E-state index in [1.807, 2.05) is 0 Å². The van der Waals surface area contributed by atoms with E-state index in [4.69, 9.17) is 9.47 Å². The normalized spacial score (nSPS) is 13.7. The third-order valence-corrected chi connectivity index (χ3v) is 11.7. The van der Waals surface area contributed by atoms with Gasteiger partial charge in [-0.25, -0.2) is 0 Å². The molecule has 0 aromatic rings. The quantitative estimate of drug-likeness (QED) is 0.0498. The number of aliphatic hydroxyl groups is 1. The molecular weight excluding hydrogens is 647 g/mol. The van der Waals surface area contributed by atoms with Crippen LogP contribution in [0.4, 0.5) is 0 Å². The van der Waals surface area contributed by atoms with Crippen molar-refractivity contribution in [2.75, 3.05) is 39.5 Å². The second-order valence-corrected chi connectivity index (χ2v) is 16.7. The van der Waals surface area contributed by atoms with Crippen LogP contribution >= 0.6 is 0 Å². The van der Waals surface area contributed by atoms with Gasteiger partial charge in [-0.05, 0) is 101 Å². The molecule has 308 valence electrons. The molecule has 0 saturated heterocycles. The van der Waals surface area contributed by atoms with Crippen molar-refractivity contribution in [2.45, 2.75) is 233 Å². The van der Waals surface area contributed by atoms with Crippen LogP contribution in [0.3, 0.4) is 0 Å². The van der Waals surface area contributed by atoms with Gasteiger partial charge in [-0.15, -0.1) is 0 Å². The summed E-state index contributed by atoms with van der Waals surface area (Å²) in [5.41, 5.74) is 0.497. The molecule has 1 aliphatic rings. The maximum absolute atomic E-state index is 12.5.